The Labute approximate surface area is 94.8 Å². The SMILES string of the molecule is O=C(O)CNC(=O)Oc1ccc(F)cc1Cl. The lowest BCUT2D eigenvalue weighted by Gasteiger charge is -2.06. The second kappa shape index (κ2) is 5.32. The number of carbonyl (C=O) groups is 2. The molecule has 1 rings (SSSR count). The Morgan fingerprint density at radius 1 is 1.50 bits per heavy atom. The molecule has 86 valence electrons. The molecule has 0 aliphatic rings. The third-order valence-electron chi connectivity index (χ3n) is 1.48. The number of nitrogens with one attached hydrogen (secondary N) is 1. The molecule has 1 aromatic carbocycles. The van der Waals surface area contributed by atoms with Crippen LogP contribution in [-0.2, 0) is 4.79 Å². The van der Waals surface area contributed by atoms with Crippen molar-refractivity contribution < 1.29 is 23.8 Å². The molecule has 7 heteroatoms. The highest BCUT2D eigenvalue weighted by Gasteiger charge is 2.09. The molecule has 1 amide bonds. The van der Waals surface area contributed by atoms with Crippen molar-refractivity contribution in [3.8, 4) is 5.75 Å². The van der Waals surface area contributed by atoms with Gasteiger partial charge in [-0.05, 0) is 18.2 Å². The quantitative estimate of drug-likeness (QED) is 0.852. The second-order valence-corrected chi connectivity index (χ2v) is 3.12. The molecule has 1 aromatic rings. The summed E-state index contributed by atoms with van der Waals surface area (Å²) in [5, 5.41) is 10.2. The van der Waals surface area contributed by atoms with E-state index < -0.39 is 24.4 Å². The predicted molar refractivity (Wildman–Crippen MR) is 53.1 cm³/mol. The largest absolute Gasteiger partial charge is 0.480 e. The molecule has 0 unspecified atom stereocenters. The van der Waals surface area contributed by atoms with Crippen LogP contribution in [0.1, 0.15) is 0 Å². The van der Waals surface area contributed by atoms with Crippen molar-refractivity contribution in [3.05, 3.63) is 29.0 Å². The van der Waals surface area contributed by atoms with E-state index in [2.05, 4.69) is 4.74 Å². The van der Waals surface area contributed by atoms with E-state index in [0.717, 1.165) is 18.2 Å². The molecular formula is C9H7ClFNO4. The predicted octanol–water partition coefficient (Wildman–Crippen LogP) is 1.65. The molecule has 2 N–H and O–H groups in total. The fourth-order valence-electron chi connectivity index (χ4n) is 0.842. The molecular weight excluding hydrogens is 241 g/mol. The summed E-state index contributed by atoms with van der Waals surface area (Å²) in [6.45, 7) is -0.572. The first kappa shape index (κ1) is 12.3. The zero-order valence-corrected chi connectivity index (χ0v) is 8.62. The van der Waals surface area contributed by atoms with Gasteiger partial charge >= 0.3 is 12.1 Å². The molecule has 0 saturated heterocycles. The van der Waals surface area contributed by atoms with Gasteiger partial charge in [0.05, 0.1) is 5.02 Å². The van der Waals surface area contributed by atoms with Crippen LogP contribution in [0.4, 0.5) is 9.18 Å². The molecule has 0 bridgehead atoms. The van der Waals surface area contributed by atoms with E-state index in [4.69, 9.17) is 16.7 Å². The van der Waals surface area contributed by atoms with Crippen molar-refractivity contribution in [1.82, 2.24) is 5.32 Å². The van der Waals surface area contributed by atoms with E-state index in [-0.39, 0.29) is 10.8 Å². The summed E-state index contributed by atoms with van der Waals surface area (Å²) in [6, 6.07) is 3.20. The Hall–Kier alpha value is -1.82. The smallest absolute Gasteiger partial charge is 0.413 e. The summed E-state index contributed by atoms with van der Waals surface area (Å²) in [5.41, 5.74) is 0. The molecule has 0 aliphatic carbocycles. The number of aliphatic carboxylic acids is 1. The summed E-state index contributed by atoms with van der Waals surface area (Å²) in [7, 11) is 0. The topological polar surface area (TPSA) is 75.6 Å². The summed E-state index contributed by atoms with van der Waals surface area (Å²) in [5.74, 6) is -1.82. The lowest BCUT2D eigenvalue weighted by molar-refractivity contribution is -0.135. The van der Waals surface area contributed by atoms with E-state index in [0.29, 0.717) is 0 Å². The molecule has 0 heterocycles. The van der Waals surface area contributed by atoms with Crippen LogP contribution in [0.3, 0.4) is 0 Å². The van der Waals surface area contributed by atoms with Crippen LogP contribution >= 0.6 is 11.6 Å². The van der Waals surface area contributed by atoms with Gasteiger partial charge in [-0.3, -0.25) is 4.79 Å². The van der Waals surface area contributed by atoms with Crippen LogP contribution in [0, 0.1) is 5.82 Å². The Bertz CT molecular complexity index is 424. The van der Waals surface area contributed by atoms with Crippen molar-refractivity contribution in [2.24, 2.45) is 0 Å². The van der Waals surface area contributed by atoms with Gasteiger partial charge in [0.15, 0.2) is 5.75 Å². The zero-order chi connectivity index (χ0) is 12.1. The zero-order valence-electron chi connectivity index (χ0n) is 7.87. The number of ether oxygens (including phenoxy) is 1. The minimum atomic E-state index is -1.21. The van der Waals surface area contributed by atoms with E-state index in [9.17, 15) is 14.0 Å². The van der Waals surface area contributed by atoms with E-state index in [1.165, 1.54) is 0 Å². The number of hydrogen-bond acceptors (Lipinski definition) is 3. The van der Waals surface area contributed by atoms with Gasteiger partial charge in [0.25, 0.3) is 0 Å². The first-order chi connectivity index (χ1) is 7.49. The number of carboxylic acid groups (broad SMARTS) is 1. The Morgan fingerprint density at radius 2 is 2.19 bits per heavy atom. The van der Waals surface area contributed by atoms with Gasteiger partial charge in [-0.15, -0.1) is 0 Å². The van der Waals surface area contributed by atoms with Crippen LogP contribution in [-0.4, -0.2) is 23.7 Å². The maximum atomic E-state index is 12.6. The highest BCUT2D eigenvalue weighted by molar-refractivity contribution is 6.32. The van der Waals surface area contributed by atoms with E-state index in [1.807, 2.05) is 5.32 Å². The van der Waals surface area contributed by atoms with Crippen molar-refractivity contribution in [3.63, 3.8) is 0 Å². The number of rotatable bonds is 3. The second-order valence-electron chi connectivity index (χ2n) is 2.71. The van der Waals surface area contributed by atoms with Crippen molar-refractivity contribution in [2.75, 3.05) is 6.54 Å². The normalized spacial score (nSPS) is 9.62. The van der Waals surface area contributed by atoms with Crippen molar-refractivity contribution in [1.29, 1.82) is 0 Å². The molecule has 0 aliphatic heterocycles. The maximum Gasteiger partial charge on any atom is 0.413 e. The summed E-state index contributed by atoms with van der Waals surface area (Å²) >= 11 is 5.57. The lowest BCUT2D eigenvalue weighted by atomic mass is 10.3. The molecule has 5 nitrogen and oxygen atoms in total. The Kier molecular flexibility index (Phi) is 4.07. The minimum absolute atomic E-state index is 0.0500. The van der Waals surface area contributed by atoms with Crippen LogP contribution in [0.5, 0.6) is 5.75 Å². The van der Waals surface area contributed by atoms with E-state index >= 15 is 0 Å². The number of hydrogen-bond donors (Lipinski definition) is 2. The van der Waals surface area contributed by atoms with Crippen molar-refractivity contribution >= 4 is 23.7 Å². The van der Waals surface area contributed by atoms with Gasteiger partial charge in [-0.25, -0.2) is 9.18 Å². The van der Waals surface area contributed by atoms with Crippen LogP contribution < -0.4 is 10.1 Å². The average molecular weight is 248 g/mol. The standard InChI is InChI=1S/C9H7ClFNO4/c10-6-3-5(11)1-2-7(6)16-9(15)12-4-8(13)14/h1-3H,4H2,(H,12,15)(H,13,14). The fraction of sp³-hybridized carbons (Fsp3) is 0.111. The van der Waals surface area contributed by atoms with Gasteiger partial charge in [0.1, 0.15) is 12.4 Å². The highest BCUT2D eigenvalue weighted by Crippen LogP contribution is 2.24. The fourth-order valence-corrected chi connectivity index (χ4v) is 1.05. The van der Waals surface area contributed by atoms with Gasteiger partial charge in [0.2, 0.25) is 0 Å². The third-order valence-corrected chi connectivity index (χ3v) is 1.78. The highest BCUT2D eigenvalue weighted by atomic mass is 35.5. The molecule has 0 saturated carbocycles. The van der Waals surface area contributed by atoms with E-state index in [1.54, 1.807) is 0 Å². The number of amides is 1. The average Bonchev–Trinajstić information content (AvgIpc) is 2.19. The van der Waals surface area contributed by atoms with Crippen molar-refractivity contribution in [2.45, 2.75) is 0 Å². The minimum Gasteiger partial charge on any atom is -0.480 e. The van der Waals surface area contributed by atoms with Crippen LogP contribution in [0.15, 0.2) is 18.2 Å². The van der Waals surface area contributed by atoms with Gasteiger partial charge in [-0.1, -0.05) is 11.6 Å². The summed E-state index contributed by atoms with van der Waals surface area (Å²) < 4.78 is 17.3. The maximum absolute atomic E-state index is 12.6. The van der Waals surface area contributed by atoms with Gasteiger partial charge < -0.3 is 15.2 Å². The Balaban J connectivity index is 2.59. The first-order valence-electron chi connectivity index (χ1n) is 4.11. The summed E-state index contributed by atoms with van der Waals surface area (Å²) in [4.78, 5) is 21.1. The number of carbonyl (C=O) groups excluding carboxylic acids is 1. The van der Waals surface area contributed by atoms with Gasteiger partial charge in [-0.2, -0.15) is 0 Å². The molecule has 0 spiro atoms. The number of benzene rings is 1. The molecule has 0 fully saturated rings. The monoisotopic (exact) mass is 247 g/mol. The first-order valence-corrected chi connectivity index (χ1v) is 4.49. The number of carboxylic acids is 1. The molecule has 0 radical (unpaired) electrons. The van der Waals surface area contributed by atoms with Gasteiger partial charge in [0, 0.05) is 0 Å². The lowest BCUT2D eigenvalue weighted by Crippen LogP contribution is -2.31. The third kappa shape index (κ3) is 3.74. The van der Waals surface area contributed by atoms with Crippen LogP contribution in [0.2, 0.25) is 5.02 Å². The number of halogens is 2. The molecule has 0 atom stereocenters. The van der Waals surface area contributed by atoms with Crippen LogP contribution in [0.25, 0.3) is 0 Å². The Morgan fingerprint density at radius 3 is 2.75 bits per heavy atom. The summed E-state index contributed by atoms with van der Waals surface area (Å²) in [6.07, 6.45) is -0.976. The molecule has 16 heavy (non-hydrogen) atoms. The molecule has 0 aromatic heterocycles.